The van der Waals surface area contributed by atoms with Gasteiger partial charge in [-0.1, -0.05) is 20.3 Å². The Balaban J connectivity index is 1.98. The fourth-order valence-corrected chi connectivity index (χ4v) is 4.42. The molecule has 0 spiro atoms. The van der Waals surface area contributed by atoms with Crippen LogP contribution < -0.4 is 11.1 Å². The van der Waals surface area contributed by atoms with Crippen molar-refractivity contribution in [3.05, 3.63) is 0 Å². The van der Waals surface area contributed by atoms with Crippen LogP contribution in [0.3, 0.4) is 0 Å². The lowest BCUT2D eigenvalue weighted by Crippen LogP contribution is -2.64. The summed E-state index contributed by atoms with van der Waals surface area (Å²) in [6.45, 7) is 5.04. The molecular formula is C16H30N2O2. The van der Waals surface area contributed by atoms with Crippen LogP contribution in [0.1, 0.15) is 52.4 Å². The van der Waals surface area contributed by atoms with Gasteiger partial charge in [0.15, 0.2) is 0 Å². The molecule has 2 unspecified atom stereocenters. The summed E-state index contributed by atoms with van der Waals surface area (Å²) >= 11 is 0. The molecular weight excluding hydrogens is 252 g/mol. The van der Waals surface area contributed by atoms with Gasteiger partial charge in [-0.2, -0.15) is 0 Å². The van der Waals surface area contributed by atoms with Crippen molar-refractivity contribution in [1.82, 2.24) is 5.32 Å². The Kier molecular flexibility index (Phi) is 5.08. The Morgan fingerprint density at radius 3 is 2.60 bits per heavy atom. The summed E-state index contributed by atoms with van der Waals surface area (Å²) in [7, 11) is 1.78. The lowest BCUT2D eigenvalue weighted by molar-refractivity contribution is -0.144. The average Bonchev–Trinajstić information content (AvgIpc) is 2.92. The van der Waals surface area contributed by atoms with E-state index in [2.05, 4.69) is 19.2 Å². The smallest absolute Gasteiger partial charge is 0.223 e. The van der Waals surface area contributed by atoms with E-state index < -0.39 is 0 Å². The predicted octanol–water partition coefficient (Wildman–Crippen LogP) is 2.07. The molecule has 0 bridgehead atoms. The molecule has 4 atom stereocenters. The van der Waals surface area contributed by atoms with Crippen molar-refractivity contribution in [2.75, 3.05) is 13.7 Å². The fraction of sp³-hybridized carbons (Fsp3) is 0.938. The molecule has 2 aliphatic carbocycles. The van der Waals surface area contributed by atoms with Crippen molar-refractivity contribution in [2.24, 2.45) is 23.0 Å². The van der Waals surface area contributed by atoms with Crippen molar-refractivity contribution >= 4 is 5.91 Å². The number of carbonyl (C=O) groups excluding carboxylic acids is 1. The first-order valence-electron chi connectivity index (χ1n) is 8.16. The monoisotopic (exact) mass is 282 g/mol. The third-order valence-corrected chi connectivity index (χ3v) is 6.00. The minimum absolute atomic E-state index is 0.126. The molecule has 4 heteroatoms. The van der Waals surface area contributed by atoms with E-state index in [0.717, 1.165) is 38.5 Å². The summed E-state index contributed by atoms with van der Waals surface area (Å²) in [5, 5.41) is 3.31. The molecule has 3 N–H and O–H groups in total. The Bertz CT molecular complexity index is 341. The van der Waals surface area contributed by atoms with Gasteiger partial charge in [-0.3, -0.25) is 4.79 Å². The number of ether oxygens (including phenoxy) is 1. The van der Waals surface area contributed by atoms with Gasteiger partial charge in [0, 0.05) is 24.5 Å². The van der Waals surface area contributed by atoms with Crippen LogP contribution in [0.15, 0.2) is 0 Å². The largest absolute Gasteiger partial charge is 0.381 e. The van der Waals surface area contributed by atoms with Crippen molar-refractivity contribution in [2.45, 2.75) is 64.5 Å². The van der Waals surface area contributed by atoms with E-state index in [1.54, 1.807) is 7.11 Å². The molecule has 0 saturated heterocycles. The number of amides is 1. The zero-order valence-electron chi connectivity index (χ0n) is 13.2. The molecule has 2 aliphatic rings. The number of nitrogens with one attached hydrogen (secondary N) is 1. The third kappa shape index (κ3) is 2.48. The van der Waals surface area contributed by atoms with Gasteiger partial charge in [-0.05, 0) is 44.6 Å². The highest BCUT2D eigenvalue weighted by Crippen LogP contribution is 2.49. The van der Waals surface area contributed by atoms with Gasteiger partial charge in [-0.15, -0.1) is 0 Å². The predicted molar refractivity (Wildman–Crippen MR) is 80.2 cm³/mol. The summed E-state index contributed by atoms with van der Waals surface area (Å²) in [4.78, 5) is 12.5. The molecule has 0 aromatic carbocycles. The molecule has 116 valence electrons. The van der Waals surface area contributed by atoms with E-state index in [9.17, 15) is 4.79 Å². The molecule has 0 aromatic rings. The van der Waals surface area contributed by atoms with Gasteiger partial charge in [0.25, 0.3) is 0 Å². The lowest BCUT2D eigenvalue weighted by atomic mass is 9.58. The second-order valence-electron chi connectivity index (χ2n) is 6.49. The van der Waals surface area contributed by atoms with Gasteiger partial charge in [0.05, 0.1) is 6.10 Å². The first-order valence-corrected chi connectivity index (χ1v) is 8.16. The number of nitrogens with two attached hydrogens (primary N) is 1. The molecule has 0 aromatic heterocycles. The second kappa shape index (κ2) is 6.44. The van der Waals surface area contributed by atoms with Crippen LogP contribution in [0.2, 0.25) is 0 Å². The standard InChI is InChI=1S/C16H30N2O2/c1-4-16(5-2)13(9-14(16)20-3)18-15(19)12-8-6-7-11(12)10-17/h11-14H,4-10,17H2,1-3H3,(H,18,19)/t11-,12-,13?,14?/m1/s1. The molecule has 4 nitrogen and oxygen atoms in total. The van der Waals surface area contributed by atoms with Gasteiger partial charge in [0.2, 0.25) is 5.91 Å². The van der Waals surface area contributed by atoms with E-state index in [0.29, 0.717) is 12.5 Å². The topological polar surface area (TPSA) is 64.4 Å². The average molecular weight is 282 g/mol. The Labute approximate surface area is 122 Å². The first-order chi connectivity index (χ1) is 9.62. The van der Waals surface area contributed by atoms with E-state index in [-0.39, 0.29) is 29.4 Å². The highest BCUT2D eigenvalue weighted by molar-refractivity contribution is 5.79. The fourth-order valence-electron chi connectivity index (χ4n) is 4.42. The summed E-state index contributed by atoms with van der Waals surface area (Å²) < 4.78 is 5.59. The molecule has 0 heterocycles. The van der Waals surface area contributed by atoms with Gasteiger partial charge in [-0.25, -0.2) is 0 Å². The molecule has 20 heavy (non-hydrogen) atoms. The number of carbonyl (C=O) groups is 1. The Morgan fingerprint density at radius 2 is 2.05 bits per heavy atom. The number of rotatable bonds is 6. The maximum Gasteiger partial charge on any atom is 0.223 e. The van der Waals surface area contributed by atoms with Crippen LogP contribution in [0.4, 0.5) is 0 Å². The maximum absolute atomic E-state index is 12.5. The molecule has 2 rings (SSSR count). The van der Waals surface area contributed by atoms with Gasteiger partial charge >= 0.3 is 0 Å². The van der Waals surface area contributed by atoms with Crippen molar-refractivity contribution in [3.8, 4) is 0 Å². The first kappa shape index (κ1) is 15.8. The van der Waals surface area contributed by atoms with Gasteiger partial charge < -0.3 is 15.8 Å². The van der Waals surface area contributed by atoms with E-state index >= 15 is 0 Å². The SMILES string of the molecule is CCC1(CC)C(NC(=O)[C@@H]2CCC[C@@H]2CN)CC1OC. The Hall–Kier alpha value is -0.610. The quantitative estimate of drug-likeness (QED) is 0.784. The molecule has 2 saturated carbocycles. The molecule has 0 radical (unpaired) electrons. The molecule has 0 aliphatic heterocycles. The van der Waals surface area contributed by atoms with Crippen LogP contribution >= 0.6 is 0 Å². The second-order valence-corrected chi connectivity index (χ2v) is 6.49. The summed E-state index contributed by atoms with van der Waals surface area (Å²) in [6, 6.07) is 0.272. The third-order valence-electron chi connectivity index (χ3n) is 6.00. The highest BCUT2D eigenvalue weighted by Gasteiger charge is 2.54. The van der Waals surface area contributed by atoms with Crippen LogP contribution in [-0.4, -0.2) is 31.7 Å². The van der Waals surface area contributed by atoms with E-state index in [4.69, 9.17) is 10.5 Å². The van der Waals surface area contributed by atoms with Crippen LogP contribution in [-0.2, 0) is 9.53 Å². The van der Waals surface area contributed by atoms with Crippen LogP contribution in [0.25, 0.3) is 0 Å². The maximum atomic E-state index is 12.5. The van der Waals surface area contributed by atoms with E-state index in [1.807, 2.05) is 0 Å². The number of hydrogen-bond acceptors (Lipinski definition) is 3. The number of hydrogen-bond donors (Lipinski definition) is 2. The van der Waals surface area contributed by atoms with Crippen LogP contribution in [0, 0.1) is 17.3 Å². The minimum Gasteiger partial charge on any atom is -0.381 e. The van der Waals surface area contributed by atoms with E-state index in [1.165, 1.54) is 0 Å². The number of methoxy groups -OCH3 is 1. The van der Waals surface area contributed by atoms with Gasteiger partial charge in [0.1, 0.15) is 0 Å². The van der Waals surface area contributed by atoms with Crippen molar-refractivity contribution in [3.63, 3.8) is 0 Å². The highest BCUT2D eigenvalue weighted by atomic mass is 16.5. The van der Waals surface area contributed by atoms with Crippen molar-refractivity contribution in [1.29, 1.82) is 0 Å². The van der Waals surface area contributed by atoms with Crippen LogP contribution in [0.5, 0.6) is 0 Å². The lowest BCUT2D eigenvalue weighted by Gasteiger charge is -2.55. The Morgan fingerprint density at radius 1 is 1.35 bits per heavy atom. The van der Waals surface area contributed by atoms with Crippen molar-refractivity contribution < 1.29 is 9.53 Å². The summed E-state index contributed by atoms with van der Waals surface area (Å²) in [5.74, 6) is 0.739. The summed E-state index contributed by atoms with van der Waals surface area (Å²) in [5.41, 5.74) is 5.91. The minimum atomic E-state index is 0.126. The zero-order valence-corrected chi connectivity index (χ0v) is 13.2. The molecule has 2 fully saturated rings. The summed E-state index contributed by atoms with van der Waals surface area (Å²) in [6.07, 6.45) is 6.58. The zero-order chi connectivity index (χ0) is 14.8. The normalized spacial score (nSPS) is 35.6. The molecule has 1 amide bonds.